The van der Waals surface area contributed by atoms with Crippen molar-refractivity contribution in [3.05, 3.63) is 35.9 Å². The van der Waals surface area contributed by atoms with Crippen LogP contribution in [0.3, 0.4) is 0 Å². The molecule has 0 aliphatic rings. The maximum Gasteiger partial charge on any atom is 0.326 e. The van der Waals surface area contributed by atoms with Crippen molar-refractivity contribution in [3.63, 3.8) is 0 Å². The van der Waals surface area contributed by atoms with Crippen LogP contribution in [0.4, 0.5) is 0 Å². The molecule has 1 aromatic rings. The quantitative estimate of drug-likeness (QED) is 0.0251. The van der Waals surface area contributed by atoms with E-state index in [0.29, 0.717) is 50.8 Å². The molecule has 0 saturated carbocycles. The highest BCUT2D eigenvalue weighted by atomic mass is 32.1. The summed E-state index contributed by atoms with van der Waals surface area (Å²) in [6.07, 6.45) is 4.84. The molecule has 0 aliphatic heterocycles. The number of aliphatic carboxylic acids is 1. The Morgan fingerprint density at radius 3 is 1.94 bits per heavy atom. The van der Waals surface area contributed by atoms with Crippen molar-refractivity contribution in [2.75, 3.05) is 25.4 Å². The maximum absolute atomic E-state index is 13.8. The van der Waals surface area contributed by atoms with Crippen LogP contribution in [0.1, 0.15) is 88.9 Å². The number of carboxylic acid groups (broad SMARTS) is 1. The number of carbonyl (C=O) groups excluding carboxylic acids is 5. The van der Waals surface area contributed by atoms with Crippen LogP contribution in [0, 0.1) is 5.92 Å². The zero-order chi connectivity index (χ0) is 40.5. The van der Waals surface area contributed by atoms with Crippen molar-refractivity contribution in [1.82, 2.24) is 26.6 Å². The van der Waals surface area contributed by atoms with Gasteiger partial charge < -0.3 is 48.9 Å². The van der Waals surface area contributed by atoms with Gasteiger partial charge in [0.25, 0.3) is 5.91 Å². The summed E-state index contributed by atoms with van der Waals surface area (Å²) in [5.41, 5.74) is 17.1. The van der Waals surface area contributed by atoms with Crippen LogP contribution < -0.4 is 43.8 Å². The van der Waals surface area contributed by atoms with E-state index in [0.717, 1.165) is 0 Å². The maximum atomic E-state index is 13.8. The van der Waals surface area contributed by atoms with Gasteiger partial charge in [0, 0.05) is 24.4 Å². The van der Waals surface area contributed by atoms with Gasteiger partial charge >= 0.3 is 5.97 Å². The van der Waals surface area contributed by atoms with E-state index in [9.17, 15) is 33.9 Å². The summed E-state index contributed by atoms with van der Waals surface area (Å²) in [6, 6.07) is 3.25. The van der Waals surface area contributed by atoms with Gasteiger partial charge in [0.05, 0.1) is 0 Å². The minimum Gasteiger partial charge on any atom is -0.480 e. The highest BCUT2D eigenvalue weighted by Gasteiger charge is 2.33. The van der Waals surface area contributed by atoms with E-state index in [2.05, 4.69) is 49.2 Å². The monoisotopic (exact) mass is 776 g/mol. The number of unbranched alkanes of at least 4 members (excludes halogenated alkanes) is 2. The standard InChI is InChI=1S/C36H60N10O7S/c1-4-19-40-28(22-54)33(50)44-25(15-8-10-18-37)31(48)43-26(17-12-21-42-36(38)39)32(49)46-29(23(2)3)34(51)45-27(35(52)53)16-9-11-20-41-30(47)24-13-6-5-7-14-24/h5-7,13-14,19,23,25-29,54H,4,8-12,15-18,20-22,37H2,1-3H3,(H,41,47)(H,43,48)(H,44,50)(H,45,51)(H,46,49)(H,52,53)(H4,38,39,42). The first-order valence-corrected chi connectivity index (χ1v) is 19.0. The minimum absolute atomic E-state index is 0.0723. The lowest BCUT2D eigenvalue weighted by molar-refractivity contribution is -0.142. The molecule has 1 aromatic carbocycles. The summed E-state index contributed by atoms with van der Waals surface area (Å²) >= 11 is 4.22. The van der Waals surface area contributed by atoms with Gasteiger partial charge in [-0.3, -0.25) is 34.0 Å². The second-order valence-corrected chi connectivity index (χ2v) is 13.4. The molecule has 5 atom stereocenters. The first-order chi connectivity index (χ1) is 25.7. The van der Waals surface area contributed by atoms with Crippen LogP contribution >= 0.6 is 12.6 Å². The molecular formula is C36H60N10O7S. The summed E-state index contributed by atoms with van der Waals surface area (Å²) in [6.45, 7) is 6.09. The third-order valence-electron chi connectivity index (χ3n) is 8.20. The molecular weight excluding hydrogens is 717 g/mol. The van der Waals surface area contributed by atoms with Crippen LogP contribution in [-0.2, 0) is 24.0 Å². The lowest BCUT2D eigenvalue weighted by Crippen LogP contribution is -2.59. The van der Waals surface area contributed by atoms with E-state index in [1.165, 1.54) is 0 Å². The number of nitrogens with one attached hydrogen (secondary N) is 5. The first kappa shape index (κ1) is 47.3. The number of carbonyl (C=O) groups is 6. The molecule has 54 heavy (non-hydrogen) atoms. The van der Waals surface area contributed by atoms with Crippen molar-refractivity contribution in [2.24, 2.45) is 33.1 Å². The van der Waals surface area contributed by atoms with Gasteiger partial charge in [0.15, 0.2) is 5.96 Å². The fourth-order valence-corrected chi connectivity index (χ4v) is 5.44. The Kier molecular flexibility index (Phi) is 23.6. The molecule has 0 aromatic heterocycles. The predicted octanol–water partition coefficient (Wildman–Crippen LogP) is 0.228. The van der Waals surface area contributed by atoms with Gasteiger partial charge in [-0.05, 0) is 88.6 Å². The van der Waals surface area contributed by atoms with Crippen LogP contribution in [0.15, 0.2) is 40.3 Å². The van der Waals surface area contributed by atoms with Gasteiger partial charge in [0.2, 0.25) is 23.6 Å². The Morgan fingerprint density at radius 1 is 0.796 bits per heavy atom. The number of hydrogen-bond acceptors (Lipinski definition) is 10. The SMILES string of the molecule is CCC=NC(CS)C(=O)NC(CCCCN)C(=O)NC(CCCN=C(N)N)C(=O)NC(C(=O)NC(CCCCNC(=O)c1ccccc1)C(=O)O)C(C)C. The average molecular weight is 777 g/mol. The summed E-state index contributed by atoms with van der Waals surface area (Å²) in [7, 11) is 0. The van der Waals surface area contributed by atoms with Gasteiger partial charge in [0.1, 0.15) is 30.2 Å². The normalized spacial score (nSPS) is 13.9. The number of aliphatic imine (C=N–C) groups is 2. The largest absolute Gasteiger partial charge is 0.480 e. The number of amides is 5. The Balaban J connectivity index is 3.06. The molecule has 1 rings (SSSR count). The molecule has 18 heteroatoms. The predicted molar refractivity (Wildman–Crippen MR) is 212 cm³/mol. The average Bonchev–Trinajstić information content (AvgIpc) is 3.13. The second kappa shape index (κ2) is 27.0. The van der Waals surface area contributed by atoms with Crippen LogP contribution in [-0.4, -0.2) is 108 Å². The molecule has 5 amide bonds. The lowest BCUT2D eigenvalue weighted by Gasteiger charge is -2.28. The number of nitrogens with two attached hydrogens (primary N) is 3. The van der Waals surface area contributed by atoms with E-state index in [4.69, 9.17) is 17.2 Å². The number of carboxylic acids is 1. The highest BCUT2D eigenvalue weighted by Crippen LogP contribution is 2.10. The molecule has 17 nitrogen and oxygen atoms in total. The fraction of sp³-hybridized carbons (Fsp3) is 0.611. The molecule has 5 unspecified atom stereocenters. The van der Waals surface area contributed by atoms with Gasteiger partial charge in [-0.1, -0.05) is 39.0 Å². The van der Waals surface area contributed by atoms with E-state index < -0.39 is 65.7 Å². The third kappa shape index (κ3) is 18.9. The summed E-state index contributed by atoms with van der Waals surface area (Å²) in [5, 5.41) is 23.3. The van der Waals surface area contributed by atoms with Crippen molar-refractivity contribution < 1.29 is 33.9 Å². The summed E-state index contributed by atoms with van der Waals surface area (Å²) in [5.74, 6) is -4.54. The van der Waals surface area contributed by atoms with Crippen molar-refractivity contribution in [2.45, 2.75) is 109 Å². The molecule has 0 radical (unpaired) electrons. The van der Waals surface area contributed by atoms with E-state index in [1.54, 1.807) is 50.4 Å². The highest BCUT2D eigenvalue weighted by molar-refractivity contribution is 7.80. The van der Waals surface area contributed by atoms with Gasteiger partial charge in [-0.25, -0.2) is 4.79 Å². The van der Waals surface area contributed by atoms with Crippen molar-refractivity contribution >= 4 is 60.3 Å². The number of benzene rings is 1. The summed E-state index contributed by atoms with van der Waals surface area (Å²) in [4.78, 5) is 86.4. The van der Waals surface area contributed by atoms with E-state index >= 15 is 0 Å². The fourth-order valence-electron chi connectivity index (χ4n) is 5.18. The van der Waals surface area contributed by atoms with Crippen molar-refractivity contribution in [3.8, 4) is 0 Å². The Hall–Kier alpha value is -4.71. The van der Waals surface area contributed by atoms with Crippen molar-refractivity contribution in [1.29, 1.82) is 0 Å². The van der Waals surface area contributed by atoms with Gasteiger partial charge in [-0.15, -0.1) is 0 Å². The molecule has 0 fully saturated rings. The zero-order valence-corrected chi connectivity index (χ0v) is 32.5. The topological polar surface area (TPSA) is 286 Å². The molecule has 0 spiro atoms. The van der Waals surface area contributed by atoms with Crippen LogP contribution in [0.25, 0.3) is 0 Å². The first-order valence-electron chi connectivity index (χ1n) is 18.4. The number of thiol groups is 1. The van der Waals surface area contributed by atoms with Crippen LogP contribution in [0.2, 0.25) is 0 Å². The molecule has 0 aliphatic carbocycles. The number of rotatable bonds is 27. The number of hydrogen-bond donors (Lipinski definition) is 10. The Bertz CT molecular complexity index is 1390. The molecule has 12 N–H and O–H groups in total. The number of guanidine groups is 1. The minimum atomic E-state index is -1.25. The lowest BCUT2D eigenvalue weighted by atomic mass is 10.0. The summed E-state index contributed by atoms with van der Waals surface area (Å²) < 4.78 is 0. The second-order valence-electron chi connectivity index (χ2n) is 13.0. The molecule has 302 valence electrons. The molecule has 0 saturated heterocycles. The zero-order valence-electron chi connectivity index (χ0n) is 31.6. The van der Waals surface area contributed by atoms with E-state index in [1.807, 2.05) is 6.92 Å². The smallest absolute Gasteiger partial charge is 0.326 e. The number of nitrogens with zero attached hydrogens (tertiary/aromatic N) is 2. The third-order valence-corrected chi connectivity index (χ3v) is 8.55. The molecule has 0 bridgehead atoms. The Labute approximate surface area is 323 Å². The van der Waals surface area contributed by atoms with E-state index in [-0.39, 0.29) is 49.8 Å². The van der Waals surface area contributed by atoms with Gasteiger partial charge in [-0.2, -0.15) is 12.6 Å². The Morgan fingerprint density at radius 2 is 1.37 bits per heavy atom. The molecule has 0 heterocycles. The van der Waals surface area contributed by atoms with Crippen LogP contribution in [0.5, 0.6) is 0 Å².